The number of carboxylic acids is 1. The zero-order chi connectivity index (χ0) is 14.9. The van der Waals surface area contributed by atoms with Crippen LogP contribution >= 0.6 is 11.8 Å². The van der Waals surface area contributed by atoms with Crippen molar-refractivity contribution in [2.45, 2.75) is 25.3 Å². The van der Waals surface area contributed by atoms with Gasteiger partial charge in [0.05, 0.1) is 17.4 Å². The number of thioether (sulfide) groups is 1. The van der Waals surface area contributed by atoms with E-state index in [0.29, 0.717) is 5.75 Å². The van der Waals surface area contributed by atoms with Gasteiger partial charge in [0.2, 0.25) is 0 Å². The molecule has 0 bridgehead atoms. The Hall–Kier alpha value is -1.56. The number of hydrogen-bond donors (Lipinski definition) is 0. The van der Waals surface area contributed by atoms with E-state index >= 15 is 0 Å². The van der Waals surface area contributed by atoms with Gasteiger partial charge in [0.25, 0.3) is 5.91 Å². The largest absolute Gasteiger partial charge is 0.548 e. The molecule has 1 amide bonds. The quantitative estimate of drug-likeness (QED) is 0.838. The van der Waals surface area contributed by atoms with Crippen LogP contribution in [0.4, 0.5) is 4.39 Å². The number of carbonyl (C=O) groups excluding carboxylic acids is 2. The number of rotatable bonds is 3. The fourth-order valence-electron chi connectivity index (χ4n) is 2.25. The Kier molecular flexibility index (Phi) is 4.32. The van der Waals surface area contributed by atoms with Crippen molar-refractivity contribution in [3.8, 4) is 0 Å². The molecule has 20 heavy (non-hydrogen) atoms. The third kappa shape index (κ3) is 2.80. The lowest BCUT2D eigenvalue weighted by Gasteiger charge is -2.32. The van der Waals surface area contributed by atoms with E-state index in [-0.39, 0.29) is 16.9 Å². The molecule has 0 aromatic heterocycles. The first-order valence-electron chi connectivity index (χ1n) is 6.32. The van der Waals surface area contributed by atoms with Crippen LogP contribution in [0.3, 0.4) is 0 Å². The maximum absolute atomic E-state index is 13.2. The topological polar surface area (TPSA) is 60.4 Å². The molecule has 0 radical (unpaired) electrons. The van der Waals surface area contributed by atoms with Crippen molar-refractivity contribution >= 4 is 23.6 Å². The van der Waals surface area contributed by atoms with Crippen molar-refractivity contribution < 1.29 is 19.1 Å². The van der Waals surface area contributed by atoms with Gasteiger partial charge >= 0.3 is 0 Å². The van der Waals surface area contributed by atoms with Gasteiger partial charge in [-0.1, -0.05) is 19.9 Å². The second kappa shape index (κ2) is 5.83. The molecule has 1 heterocycles. The minimum atomic E-state index is -1.27. The molecule has 1 aliphatic rings. The first-order chi connectivity index (χ1) is 9.41. The zero-order valence-corrected chi connectivity index (χ0v) is 12.0. The SMILES string of the molecule is CC(C)[C@@H]1SC[C@@H](C(=O)[O-])N1C(=O)c1cccc(F)c1. The van der Waals surface area contributed by atoms with Gasteiger partial charge in [-0.2, -0.15) is 0 Å². The highest BCUT2D eigenvalue weighted by atomic mass is 32.2. The summed E-state index contributed by atoms with van der Waals surface area (Å²) in [6.45, 7) is 3.84. The first-order valence-corrected chi connectivity index (χ1v) is 7.37. The molecule has 0 aliphatic carbocycles. The van der Waals surface area contributed by atoms with Crippen LogP contribution in [0, 0.1) is 11.7 Å². The van der Waals surface area contributed by atoms with Crippen molar-refractivity contribution in [2.24, 2.45) is 5.92 Å². The summed E-state index contributed by atoms with van der Waals surface area (Å²) < 4.78 is 13.2. The van der Waals surface area contributed by atoms with Crippen LogP contribution in [0.2, 0.25) is 0 Å². The summed E-state index contributed by atoms with van der Waals surface area (Å²) in [5.74, 6) is -1.87. The maximum atomic E-state index is 13.2. The summed E-state index contributed by atoms with van der Waals surface area (Å²) in [7, 11) is 0. The van der Waals surface area contributed by atoms with E-state index in [0.717, 1.165) is 6.07 Å². The molecule has 1 fully saturated rings. The summed E-state index contributed by atoms with van der Waals surface area (Å²) in [6.07, 6.45) is 0. The molecular formula is C14H15FNO3S-. The number of hydrogen-bond acceptors (Lipinski definition) is 4. The summed E-state index contributed by atoms with van der Waals surface area (Å²) in [5, 5.41) is 10.9. The van der Waals surface area contributed by atoms with Crippen LogP contribution in [0.1, 0.15) is 24.2 Å². The van der Waals surface area contributed by atoms with Crippen molar-refractivity contribution in [1.82, 2.24) is 4.90 Å². The zero-order valence-electron chi connectivity index (χ0n) is 11.2. The van der Waals surface area contributed by atoms with E-state index in [1.165, 1.54) is 34.9 Å². The number of carbonyl (C=O) groups is 2. The molecule has 4 nitrogen and oxygen atoms in total. The maximum Gasteiger partial charge on any atom is 0.255 e. The summed E-state index contributed by atoms with van der Waals surface area (Å²) in [6, 6.07) is 4.31. The molecule has 0 saturated carbocycles. The molecule has 1 aliphatic heterocycles. The fraction of sp³-hybridized carbons (Fsp3) is 0.429. The lowest BCUT2D eigenvalue weighted by atomic mass is 10.1. The van der Waals surface area contributed by atoms with Gasteiger partial charge in [0.15, 0.2) is 0 Å². The second-order valence-electron chi connectivity index (χ2n) is 5.03. The third-order valence-electron chi connectivity index (χ3n) is 3.18. The van der Waals surface area contributed by atoms with Crippen LogP contribution in [0.15, 0.2) is 24.3 Å². The Morgan fingerprint density at radius 3 is 2.70 bits per heavy atom. The average molecular weight is 296 g/mol. The highest BCUT2D eigenvalue weighted by Gasteiger charge is 2.40. The summed E-state index contributed by atoms with van der Waals surface area (Å²) in [4.78, 5) is 25.0. The minimum Gasteiger partial charge on any atom is -0.548 e. The lowest BCUT2D eigenvalue weighted by molar-refractivity contribution is -0.310. The minimum absolute atomic E-state index is 0.0989. The van der Waals surface area contributed by atoms with E-state index in [2.05, 4.69) is 0 Å². The summed E-state index contributed by atoms with van der Waals surface area (Å²) >= 11 is 1.41. The standard InChI is InChI=1S/C14H16FNO3S/c1-8(2)13-16(11(7-20-13)14(18)19)12(17)9-4-3-5-10(15)6-9/h3-6,8,11,13H,7H2,1-2H3,(H,18,19)/p-1/t11-,13-/m0/s1. The number of nitrogens with zero attached hydrogens (tertiary/aromatic N) is 1. The summed E-state index contributed by atoms with van der Waals surface area (Å²) in [5.41, 5.74) is 0.157. The lowest BCUT2D eigenvalue weighted by Crippen LogP contribution is -2.51. The molecule has 0 unspecified atom stereocenters. The molecule has 1 saturated heterocycles. The van der Waals surface area contributed by atoms with Gasteiger partial charge in [-0.05, 0) is 24.1 Å². The van der Waals surface area contributed by atoms with E-state index in [1.807, 2.05) is 13.8 Å². The molecule has 108 valence electrons. The number of carboxylic acid groups (broad SMARTS) is 1. The van der Waals surface area contributed by atoms with Gasteiger partial charge in [0.1, 0.15) is 5.82 Å². The van der Waals surface area contributed by atoms with E-state index in [4.69, 9.17) is 0 Å². The van der Waals surface area contributed by atoms with Crippen LogP contribution in [-0.2, 0) is 4.79 Å². The van der Waals surface area contributed by atoms with Gasteiger partial charge < -0.3 is 14.8 Å². The number of amides is 1. The monoisotopic (exact) mass is 296 g/mol. The predicted molar refractivity (Wildman–Crippen MR) is 72.4 cm³/mol. The molecule has 0 N–H and O–H groups in total. The van der Waals surface area contributed by atoms with Crippen molar-refractivity contribution in [3.05, 3.63) is 35.6 Å². The Morgan fingerprint density at radius 1 is 1.45 bits per heavy atom. The van der Waals surface area contributed by atoms with Crippen molar-refractivity contribution in [2.75, 3.05) is 5.75 Å². The Labute approximate surface area is 121 Å². The van der Waals surface area contributed by atoms with E-state index in [1.54, 1.807) is 0 Å². The number of halogens is 1. The number of aliphatic carboxylic acids is 1. The molecule has 2 rings (SSSR count). The van der Waals surface area contributed by atoms with Crippen LogP contribution < -0.4 is 5.11 Å². The van der Waals surface area contributed by atoms with Gasteiger partial charge in [-0.25, -0.2) is 4.39 Å². The van der Waals surface area contributed by atoms with Crippen molar-refractivity contribution in [1.29, 1.82) is 0 Å². The highest BCUT2D eigenvalue weighted by Crippen LogP contribution is 2.35. The van der Waals surface area contributed by atoms with Crippen LogP contribution in [0.5, 0.6) is 0 Å². The van der Waals surface area contributed by atoms with Crippen LogP contribution in [-0.4, -0.2) is 33.9 Å². The van der Waals surface area contributed by atoms with E-state index < -0.39 is 23.7 Å². The molecule has 1 aromatic carbocycles. The van der Waals surface area contributed by atoms with Gasteiger partial charge in [-0.15, -0.1) is 11.8 Å². The fourth-order valence-corrected chi connectivity index (χ4v) is 3.71. The van der Waals surface area contributed by atoms with Gasteiger partial charge in [-0.3, -0.25) is 4.79 Å². The molecule has 0 spiro atoms. The van der Waals surface area contributed by atoms with Crippen molar-refractivity contribution in [3.63, 3.8) is 0 Å². The number of benzene rings is 1. The predicted octanol–water partition coefficient (Wildman–Crippen LogP) is 1.12. The average Bonchev–Trinajstić information content (AvgIpc) is 2.82. The third-order valence-corrected chi connectivity index (χ3v) is 4.80. The molecule has 6 heteroatoms. The second-order valence-corrected chi connectivity index (χ2v) is 6.18. The normalized spacial score (nSPS) is 22.3. The Bertz CT molecular complexity index is 535. The Morgan fingerprint density at radius 2 is 2.15 bits per heavy atom. The van der Waals surface area contributed by atoms with E-state index in [9.17, 15) is 19.1 Å². The molecule has 1 aromatic rings. The van der Waals surface area contributed by atoms with Crippen LogP contribution in [0.25, 0.3) is 0 Å². The molecule has 2 atom stereocenters. The smallest absolute Gasteiger partial charge is 0.255 e. The highest BCUT2D eigenvalue weighted by molar-refractivity contribution is 8.00. The molecular weight excluding hydrogens is 281 g/mol. The Balaban J connectivity index is 2.34. The van der Waals surface area contributed by atoms with Gasteiger partial charge in [0, 0.05) is 11.3 Å². The first kappa shape index (κ1) is 14.8.